The smallest absolute Gasteiger partial charge is 0.330 e. The van der Waals surface area contributed by atoms with E-state index in [0.29, 0.717) is 55.1 Å². The van der Waals surface area contributed by atoms with Gasteiger partial charge in [0.05, 0.1) is 30.5 Å². The van der Waals surface area contributed by atoms with Crippen molar-refractivity contribution in [2.24, 2.45) is 5.18 Å². The lowest BCUT2D eigenvalue weighted by molar-refractivity contribution is -0.284. The fourth-order valence-electron chi connectivity index (χ4n) is 4.56. The van der Waals surface area contributed by atoms with Crippen LogP contribution in [0.4, 0.5) is 22.2 Å². The largest absolute Gasteiger partial charge is 0.351 e. The first kappa shape index (κ1) is 22.0. The number of para-hydroxylation sites is 1. The van der Waals surface area contributed by atoms with E-state index in [1.807, 2.05) is 18.2 Å². The summed E-state index contributed by atoms with van der Waals surface area (Å²) in [6.45, 7) is 0.960. The summed E-state index contributed by atoms with van der Waals surface area (Å²) in [6.07, 6.45) is 4.81. The number of urea groups is 1. The number of nitrogens with one attached hydrogen (secondary N) is 1. The number of ether oxygens (including phenoxy) is 2. The first-order chi connectivity index (χ1) is 16.0. The molecule has 1 saturated carbocycles. The van der Waals surface area contributed by atoms with Crippen LogP contribution in [0.1, 0.15) is 31.2 Å². The van der Waals surface area contributed by atoms with Gasteiger partial charge < -0.3 is 14.8 Å². The van der Waals surface area contributed by atoms with Crippen LogP contribution in [-0.4, -0.2) is 54.1 Å². The lowest BCUT2D eigenvalue weighted by atomic mass is 9.89. The van der Waals surface area contributed by atoms with Crippen LogP contribution in [0.25, 0.3) is 0 Å². The quantitative estimate of drug-likeness (QED) is 0.671. The molecule has 1 aromatic carbocycles. The number of carbonyl (C=O) groups is 1. The Bertz CT molecular complexity index is 1050. The fourth-order valence-corrected chi connectivity index (χ4v) is 4.80. The lowest BCUT2D eigenvalue weighted by Gasteiger charge is -2.43. The van der Waals surface area contributed by atoms with Crippen molar-refractivity contribution in [3.05, 3.63) is 46.0 Å². The predicted octanol–water partition coefficient (Wildman–Crippen LogP) is 3.94. The molecule has 10 nitrogen and oxygen atoms in total. The zero-order chi connectivity index (χ0) is 23.0. The van der Waals surface area contributed by atoms with Crippen LogP contribution in [0.2, 0.25) is 5.02 Å². The second kappa shape index (κ2) is 8.85. The third kappa shape index (κ3) is 4.25. The third-order valence-electron chi connectivity index (χ3n) is 6.46. The molecule has 174 valence electrons. The zero-order valence-electron chi connectivity index (χ0n) is 18.2. The number of hydrogen-bond acceptors (Lipinski definition) is 8. The van der Waals surface area contributed by atoms with E-state index >= 15 is 0 Å². The number of nitrogens with zero attached hydrogens (tertiary/aromatic N) is 5. The van der Waals surface area contributed by atoms with Crippen molar-refractivity contribution in [1.82, 2.24) is 9.97 Å². The second-order valence-electron chi connectivity index (χ2n) is 8.63. The number of amides is 2. The molecule has 0 unspecified atom stereocenters. The molecule has 1 N–H and O–H groups in total. The van der Waals surface area contributed by atoms with E-state index in [-0.39, 0.29) is 12.1 Å². The highest BCUT2D eigenvalue weighted by atomic mass is 35.5. The minimum Gasteiger partial charge on any atom is -0.351 e. The third-order valence-corrected chi connectivity index (χ3v) is 6.78. The number of carbonyl (C=O) groups excluding carboxylic acids is 1. The molecule has 0 radical (unpaired) electrons. The molecule has 11 heteroatoms. The number of hydrogen-bond donors (Lipinski definition) is 1. The minimum absolute atomic E-state index is 0.159. The average molecular weight is 473 g/mol. The molecule has 2 aromatic rings. The first-order valence-corrected chi connectivity index (χ1v) is 11.4. The Morgan fingerprint density at radius 3 is 2.64 bits per heavy atom. The van der Waals surface area contributed by atoms with Gasteiger partial charge in [-0.3, -0.25) is 9.80 Å². The van der Waals surface area contributed by atoms with Crippen LogP contribution >= 0.6 is 11.6 Å². The molecule has 3 aliphatic rings. The van der Waals surface area contributed by atoms with E-state index in [1.165, 1.54) is 4.90 Å². The van der Waals surface area contributed by atoms with Crippen molar-refractivity contribution >= 4 is 35.1 Å². The van der Waals surface area contributed by atoms with Gasteiger partial charge in [-0.05, 0) is 25.0 Å². The number of halogens is 1. The summed E-state index contributed by atoms with van der Waals surface area (Å²) in [5.41, 5.74) is 1.50. The summed E-state index contributed by atoms with van der Waals surface area (Å²) in [5, 5.41) is 6.90. The van der Waals surface area contributed by atoms with Gasteiger partial charge in [-0.25, -0.2) is 9.78 Å². The lowest BCUT2D eigenvalue weighted by Crippen LogP contribution is -2.49. The molecule has 0 atom stereocenters. The topological polar surface area (TPSA) is 109 Å². The molecule has 1 saturated heterocycles. The van der Waals surface area contributed by atoms with Gasteiger partial charge in [0.15, 0.2) is 5.79 Å². The van der Waals surface area contributed by atoms with Gasteiger partial charge in [0.2, 0.25) is 5.95 Å². The van der Waals surface area contributed by atoms with Gasteiger partial charge in [-0.1, -0.05) is 28.9 Å². The maximum atomic E-state index is 13.0. The van der Waals surface area contributed by atoms with E-state index in [9.17, 15) is 9.70 Å². The number of anilines is 3. The zero-order valence-corrected chi connectivity index (χ0v) is 19.0. The Kier molecular flexibility index (Phi) is 5.90. The van der Waals surface area contributed by atoms with E-state index in [1.54, 1.807) is 24.2 Å². The van der Waals surface area contributed by atoms with E-state index in [2.05, 4.69) is 20.5 Å². The Labute approximate surface area is 196 Å². The van der Waals surface area contributed by atoms with E-state index < -0.39 is 11.8 Å². The molecular weight excluding hydrogens is 448 g/mol. The molecule has 2 amide bonds. The maximum Gasteiger partial charge on any atom is 0.330 e. The van der Waals surface area contributed by atoms with Crippen molar-refractivity contribution in [3.8, 4) is 0 Å². The van der Waals surface area contributed by atoms with Crippen molar-refractivity contribution in [2.75, 3.05) is 35.4 Å². The predicted molar refractivity (Wildman–Crippen MR) is 124 cm³/mol. The summed E-state index contributed by atoms with van der Waals surface area (Å²) >= 11 is 6.31. The molecule has 1 aromatic heterocycles. The van der Waals surface area contributed by atoms with Crippen molar-refractivity contribution in [3.63, 3.8) is 0 Å². The molecule has 1 aliphatic carbocycles. The highest BCUT2D eigenvalue weighted by Gasteiger charge is 2.41. The van der Waals surface area contributed by atoms with E-state index in [4.69, 9.17) is 21.1 Å². The molecule has 5 rings (SSSR count). The standard InChI is InChI=1S/C22H25ClN6O4/c1-28-19-14(11-29(21(28)30)18-5-3-2-4-17(18)23)10-24-20(26-19)25-15-6-8-22(9-7-15)32-12-16(27-31)13-33-22/h2-5,10,15-16H,6-9,11-13H2,1H3,(H,24,25,26). The van der Waals surface area contributed by atoms with E-state index in [0.717, 1.165) is 18.4 Å². The number of rotatable bonds is 4. The highest BCUT2D eigenvalue weighted by molar-refractivity contribution is 6.34. The Morgan fingerprint density at radius 1 is 1.21 bits per heavy atom. The number of benzene rings is 1. The van der Waals surface area contributed by atoms with Crippen LogP contribution in [0, 0.1) is 4.91 Å². The van der Waals surface area contributed by atoms with Gasteiger partial charge in [-0.2, -0.15) is 9.89 Å². The SMILES string of the molecule is CN1C(=O)N(c2ccccc2Cl)Cc2cnc(NC3CCC4(CC3)OCC(N=O)CO4)nc21. The Hall–Kier alpha value is -2.82. The van der Waals surface area contributed by atoms with Gasteiger partial charge >= 0.3 is 6.03 Å². The summed E-state index contributed by atoms with van der Waals surface area (Å²) in [5.74, 6) is 0.445. The molecule has 2 aliphatic heterocycles. The van der Waals surface area contributed by atoms with Crippen molar-refractivity contribution < 1.29 is 14.3 Å². The van der Waals surface area contributed by atoms with Crippen LogP contribution in [0.15, 0.2) is 35.6 Å². The molecule has 0 bridgehead atoms. The van der Waals surface area contributed by atoms with Crippen LogP contribution in [0.3, 0.4) is 0 Å². The summed E-state index contributed by atoms with van der Waals surface area (Å²) in [4.78, 5) is 35.9. The molecular formula is C22H25ClN6O4. The van der Waals surface area contributed by atoms with Crippen molar-refractivity contribution in [1.29, 1.82) is 0 Å². The molecule has 33 heavy (non-hydrogen) atoms. The maximum absolute atomic E-state index is 13.0. The fraction of sp³-hybridized carbons (Fsp3) is 0.500. The molecule has 3 heterocycles. The summed E-state index contributed by atoms with van der Waals surface area (Å²) in [6, 6.07) is 6.80. The normalized spacial score (nSPS) is 27.4. The van der Waals surface area contributed by atoms with Crippen LogP contribution in [0.5, 0.6) is 0 Å². The second-order valence-corrected chi connectivity index (χ2v) is 9.04. The number of aromatic nitrogens is 2. The van der Waals surface area contributed by atoms with Gasteiger partial charge in [-0.15, -0.1) is 0 Å². The highest BCUT2D eigenvalue weighted by Crippen LogP contribution is 2.37. The van der Waals surface area contributed by atoms with Crippen LogP contribution < -0.4 is 15.1 Å². The van der Waals surface area contributed by atoms with Gasteiger partial charge in [0, 0.05) is 37.7 Å². The van der Waals surface area contributed by atoms with Gasteiger partial charge in [0.25, 0.3) is 0 Å². The Morgan fingerprint density at radius 2 is 1.94 bits per heavy atom. The van der Waals surface area contributed by atoms with Gasteiger partial charge in [0.1, 0.15) is 11.9 Å². The summed E-state index contributed by atoms with van der Waals surface area (Å²) < 4.78 is 11.7. The minimum atomic E-state index is -0.620. The monoisotopic (exact) mass is 472 g/mol. The summed E-state index contributed by atoms with van der Waals surface area (Å²) in [7, 11) is 1.70. The Balaban J connectivity index is 1.25. The average Bonchev–Trinajstić information content (AvgIpc) is 2.84. The molecule has 2 fully saturated rings. The van der Waals surface area contributed by atoms with Crippen molar-refractivity contribution in [2.45, 2.75) is 50.1 Å². The number of fused-ring (bicyclic) bond motifs is 1. The number of nitroso groups, excluding NO2 is 1. The molecule has 1 spiro atoms. The first-order valence-electron chi connectivity index (χ1n) is 11.0. The van der Waals surface area contributed by atoms with Crippen LogP contribution in [-0.2, 0) is 16.0 Å².